The smallest absolute Gasteiger partial charge is 0.305 e. The van der Waals surface area contributed by atoms with Gasteiger partial charge in [-0.1, -0.05) is 38.0 Å². The Morgan fingerprint density at radius 2 is 1.62 bits per heavy atom. The first-order valence-electron chi connectivity index (χ1n) is 5.96. The first-order valence-corrected chi connectivity index (χ1v) is 7.04. The molecule has 0 aromatic heterocycles. The quantitative estimate of drug-likeness (QED) is 0.275. The molecule has 0 heterocycles. The van der Waals surface area contributed by atoms with Gasteiger partial charge in [0.2, 0.25) is 0 Å². The summed E-state index contributed by atoms with van der Waals surface area (Å²) in [5, 5.41) is 0. The molecule has 0 atom stereocenters. The largest absolute Gasteiger partial charge is 0.469 e. The lowest BCUT2D eigenvalue weighted by Gasteiger charge is -2.00. The van der Waals surface area contributed by atoms with Crippen molar-refractivity contribution in [2.45, 2.75) is 57.8 Å². The van der Waals surface area contributed by atoms with Crippen LogP contribution in [-0.2, 0) is 9.53 Å². The Hall–Kier alpha value is -0.240. The summed E-state index contributed by atoms with van der Waals surface area (Å²) in [5.41, 5.74) is 0. The number of unbranched alkanes of at least 4 members (excludes halogenated alkanes) is 7. The Bertz CT molecular complexity index is 228. The Morgan fingerprint density at radius 1 is 1.06 bits per heavy atom. The van der Waals surface area contributed by atoms with Crippen molar-refractivity contribution in [2.75, 3.05) is 7.11 Å². The zero-order valence-corrected chi connectivity index (χ0v) is 12.2. The number of hydrogen-bond donors (Lipinski definition) is 0. The van der Waals surface area contributed by atoms with Crippen LogP contribution in [0.5, 0.6) is 0 Å². The lowest BCUT2D eigenvalue weighted by Crippen LogP contribution is -1.99. The third-order valence-electron chi connectivity index (χ3n) is 2.48. The second-order valence-electron chi connectivity index (χ2n) is 3.82. The normalized spacial score (nSPS) is 9.38. The van der Waals surface area contributed by atoms with Gasteiger partial charge in [-0.3, -0.25) is 4.79 Å². The van der Waals surface area contributed by atoms with E-state index in [0.717, 1.165) is 19.3 Å². The number of halogens is 1. The number of rotatable bonds is 9. The number of carbonyl (C=O) groups is 1. The van der Waals surface area contributed by atoms with Crippen LogP contribution in [0.4, 0.5) is 0 Å². The van der Waals surface area contributed by atoms with Crippen molar-refractivity contribution in [2.24, 2.45) is 0 Å². The van der Waals surface area contributed by atoms with Gasteiger partial charge >= 0.3 is 5.97 Å². The zero-order valence-electron chi connectivity index (χ0n) is 10.1. The van der Waals surface area contributed by atoms with Crippen LogP contribution >= 0.6 is 22.6 Å². The molecule has 2 nitrogen and oxygen atoms in total. The van der Waals surface area contributed by atoms with Gasteiger partial charge in [0.05, 0.1) is 7.11 Å². The van der Waals surface area contributed by atoms with E-state index < -0.39 is 0 Å². The molecule has 0 aliphatic heterocycles. The lowest BCUT2D eigenvalue weighted by atomic mass is 10.1. The minimum Gasteiger partial charge on any atom is -0.469 e. The standard InChI is InChI=1S/C13H21IO2/c1-16-13(15)11-9-7-5-3-2-4-6-8-10-12-14/h2-9,11H2,1H3. The summed E-state index contributed by atoms with van der Waals surface area (Å²) in [7, 11) is 1.45. The summed E-state index contributed by atoms with van der Waals surface area (Å²) in [4.78, 5) is 10.8. The highest BCUT2D eigenvalue weighted by Crippen LogP contribution is 2.09. The molecule has 92 valence electrons. The van der Waals surface area contributed by atoms with E-state index in [1.165, 1.54) is 39.2 Å². The first-order chi connectivity index (χ1) is 7.81. The summed E-state index contributed by atoms with van der Waals surface area (Å²) >= 11 is 2.08. The minimum absolute atomic E-state index is 0.0858. The highest BCUT2D eigenvalue weighted by molar-refractivity contribution is 14.1. The molecular weight excluding hydrogens is 315 g/mol. The molecule has 0 amide bonds. The van der Waals surface area contributed by atoms with Crippen molar-refractivity contribution in [3.8, 4) is 9.85 Å². The van der Waals surface area contributed by atoms with Crippen LogP contribution in [0.2, 0.25) is 0 Å². The molecule has 0 bridgehead atoms. The average Bonchev–Trinajstić information content (AvgIpc) is 2.31. The fourth-order valence-electron chi connectivity index (χ4n) is 1.52. The monoisotopic (exact) mass is 336 g/mol. The van der Waals surface area contributed by atoms with Crippen molar-refractivity contribution in [3.05, 3.63) is 0 Å². The van der Waals surface area contributed by atoms with Crippen LogP contribution in [0.3, 0.4) is 0 Å². The predicted octanol–water partition coefficient (Wildman–Crippen LogP) is 4.07. The van der Waals surface area contributed by atoms with Gasteiger partial charge in [-0.05, 0) is 16.8 Å². The molecule has 0 radical (unpaired) electrons. The highest BCUT2D eigenvalue weighted by atomic mass is 127. The first kappa shape index (κ1) is 15.8. The molecule has 0 N–H and O–H groups in total. The number of hydrogen-bond acceptors (Lipinski definition) is 2. The van der Waals surface area contributed by atoms with Crippen LogP contribution < -0.4 is 0 Å². The van der Waals surface area contributed by atoms with Crippen molar-refractivity contribution in [1.82, 2.24) is 0 Å². The molecule has 0 unspecified atom stereocenters. The molecule has 3 heteroatoms. The lowest BCUT2D eigenvalue weighted by molar-refractivity contribution is -0.140. The number of carbonyl (C=O) groups excluding carboxylic acids is 1. The molecule has 0 aromatic rings. The van der Waals surface area contributed by atoms with E-state index in [9.17, 15) is 4.79 Å². The van der Waals surface area contributed by atoms with Crippen molar-refractivity contribution in [3.63, 3.8) is 0 Å². The molecule has 0 saturated heterocycles. The molecular formula is C13H21IO2. The van der Waals surface area contributed by atoms with Crippen LogP contribution in [-0.4, -0.2) is 13.1 Å². The van der Waals surface area contributed by atoms with Crippen LogP contribution in [0.15, 0.2) is 0 Å². The average molecular weight is 336 g/mol. The van der Waals surface area contributed by atoms with E-state index in [2.05, 4.69) is 37.2 Å². The maximum atomic E-state index is 10.8. The van der Waals surface area contributed by atoms with Gasteiger partial charge in [0, 0.05) is 35.4 Å². The van der Waals surface area contributed by atoms with Gasteiger partial charge in [-0.25, -0.2) is 0 Å². The maximum absolute atomic E-state index is 10.8. The molecule has 0 aromatic carbocycles. The van der Waals surface area contributed by atoms with E-state index >= 15 is 0 Å². The number of ether oxygens (including phenoxy) is 1. The van der Waals surface area contributed by atoms with Crippen LogP contribution in [0, 0.1) is 9.85 Å². The molecule has 0 aliphatic rings. The summed E-state index contributed by atoms with van der Waals surface area (Å²) in [5.74, 6) is 2.98. The van der Waals surface area contributed by atoms with E-state index in [-0.39, 0.29) is 5.97 Å². The highest BCUT2D eigenvalue weighted by Gasteiger charge is 1.98. The van der Waals surface area contributed by atoms with Gasteiger partial charge in [-0.2, -0.15) is 0 Å². The third kappa shape index (κ3) is 11.8. The van der Waals surface area contributed by atoms with Crippen LogP contribution in [0.25, 0.3) is 0 Å². The van der Waals surface area contributed by atoms with Crippen LogP contribution in [0.1, 0.15) is 57.8 Å². The molecule has 0 spiro atoms. The molecule has 0 rings (SSSR count). The van der Waals surface area contributed by atoms with Gasteiger partial charge in [0.25, 0.3) is 0 Å². The summed E-state index contributed by atoms with van der Waals surface area (Å²) in [6.45, 7) is 0. The number of esters is 1. The van der Waals surface area contributed by atoms with Crippen molar-refractivity contribution in [1.29, 1.82) is 0 Å². The van der Waals surface area contributed by atoms with Gasteiger partial charge in [0.1, 0.15) is 0 Å². The third-order valence-corrected chi connectivity index (χ3v) is 2.86. The van der Waals surface area contributed by atoms with Gasteiger partial charge in [-0.15, -0.1) is 0 Å². The van der Waals surface area contributed by atoms with Crippen molar-refractivity contribution < 1.29 is 9.53 Å². The minimum atomic E-state index is -0.0858. The Labute approximate surface area is 113 Å². The molecule has 0 fully saturated rings. The fraction of sp³-hybridized carbons (Fsp3) is 0.769. The summed E-state index contributed by atoms with van der Waals surface area (Å²) < 4.78 is 7.46. The second-order valence-corrected chi connectivity index (χ2v) is 4.36. The fourth-order valence-corrected chi connectivity index (χ4v) is 1.79. The van der Waals surface area contributed by atoms with E-state index in [1.54, 1.807) is 0 Å². The van der Waals surface area contributed by atoms with E-state index in [1.807, 2.05) is 0 Å². The Balaban J connectivity index is 3.03. The summed E-state index contributed by atoms with van der Waals surface area (Å²) in [6.07, 6.45) is 10.0. The Morgan fingerprint density at radius 3 is 2.19 bits per heavy atom. The van der Waals surface area contributed by atoms with Crippen molar-refractivity contribution >= 4 is 28.6 Å². The SMILES string of the molecule is COC(=O)CCCCCCCCCC#CI. The maximum Gasteiger partial charge on any atom is 0.305 e. The Kier molecular flexibility index (Phi) is 12.6. The topological polar surface area (TPSA) is 26.3 Å². The summed E-state index contributed by atoms with van der Waals surface area (Å²) in [6, 6.07) is 0. The molecule has 0 aliphatic carbocycles. The predicted molar refractivity (Wildman–Crippen MR) is 75.4 cm³/mol. The van der Waals surface area contributed by atoms with Gasteiger partial charge in [0.15, 0.2) is 0 Å². The zero-order chi connectivity index (χ0) is 12.1. The second kappa shape index (κ2) is 12.8. The van der Waals surface area contributed by atoms with Gasteiger partial charge < -0.3 is 4.74 Å². The molecule has 16 heavy (non-hydrogen) atoms. The van der Waals surface area contributed by atoms with E-state index in [0.29, 0.717) is 6.42 Å². The number of methoxy groups -OCH3 is 1. The van der Waals surface area contributed by atoms with E-state index in [4.69, 9.17) is 0 Å². The molecule has 0 saturated carbocycles.